The molecular formula is C11H22O4. The third-order valence-electron chi connectivity index (χ3n) is 1.95. The smallest absolute Gasteiger partial charge is 0.329 e. The number of carbonyl (C=O) groups is 1. The summed E-state index contributed by atoms with van der Waals surface area (Å²) in [6.45, 7) is 3.89. The lowest BCUT2D eigenvalue weighted by atomic mass is 10.2. The summed E-state index contributed by atoms with van der Waals surface area (Å²) in [6, 6.07) is 0. The predicted octanol–water partition coefficient (Wildman–Crippen LogP) is 2.07. The molecule has 4 nitrogen and oxygen atoms in total. The molecule has 0 aromatic heterocycles. The molecule has 0 aliphatic heterocycles. The van der Waals surface area contributed by atoms with Gasteiger partial charge in [-0.3, -0.25) is 0 Å². The van der Waals surface area contributed by atoms with Gasteiger partial charge in [-0.15, -0.1) is 0 Å². The molecule has 0 atom stereocenters. The molecule has 0 rings (SSSR count). The van der Waals surface area contributed by atoms with Gasteiger partial charge in [0, 0.05) is 19.8 Å². The number of hydrogen-bond donors (Lipinski definition) is 1. The lowest BCUT2D eigenvalue weighted by molar-refractivity contribution is -0.142. The summed E-state index contributed by atoms with van der Waals surface area (Å²) in [5, 5.41) is 8.28. The molecule has 0 amide bonds. The minimum Gasteiger partial charge on any atom is -0.480 e. The lowest BCUT2D eigenvalue weighted by Crippen LogP contribution is -2.09. The average Bonchev–Trinajstić information content (AvgIpc) is 2.20. The first-order valence-electron chi connectivity index (χ1n) is 5.64. The maximum atomic E-state index is 10.1. The number of carboxylic acid groups (broad SMARTS) is 1. The molecule has 0 radical (unpaired) electrons. The van der Waals surface area contributed by atoms with Crippen LogP contribution < -0.4 is 0 Å². The van der Waals surface area contributed by atoms with Crippen LogP contribution in [0.2, 0.25) is 0 Å². The molecule has 0 aliphatic rings. The number of carboxylic acids is 1. The molecule has 4 heteroatoms. The summed E-state index contributed by atoms with van der Waals surface area (Å²) in [5.41, 5.74) is 0. The Labute approximate surface area is 91.6 Å². The first-order chi connectivity index (χ1) is 7.27. The van der Waals surface area contributed by atoms with Crippen LogP contribution in [-0.4, -0.2) is 37.5 Å². The highest BCUT2D eigenvalue weighted by Gasteiger charge is 1.95. The van der Waals surface area contributed by atoms with E-state index in [0.717, 1.165) is 19.4 Å². The second-order valence-electron chi connectivity index (χ2n) is 3.47. The fourth-order valence-electron chi connectivity index (χ4n) is 1.16. The SMILES string of the molecule is CCCCCCOCCCOCC(=O)O. The van der Waals surface area contributed by atoms with Gasteiger partial charge in [0.15, 0.2) is 0 Å². The van der Waals surface area contributed by atoms with Gasteiger partial charge in [-0.25, -0.2) is 4.79 Å². The van der Waals surface area contributed by atoms with E-state index in [-0.39, 0.29) is 6.61 Å². The van der Waals surface area contributed by atoms with Crippen LogP contribution in [0.1, 0.15) is 39.0 Å². The van der Waals surface area contributed by atoms with Gasteiger partial charge in [-0.05, 0) is 12.8 Å². The number of hydrogen-bond acceptors (Lipinski definition) is 3. The normalized spacial score (nSPS) is 10.5. The Morgan fingerprint density at radius 2 is 1.67 bits per heavy atom. The van der Waals surface area contributed by atoms with E-state index in [0.29, 0.717) is 13.2 Å². The van der Waals surface area contributed by atoms with Crippen molar-refractivity contribution >= 4 is 5.97 Å². The summed E-state index contributed by atoms with van der Waals surface area (Å²) in [5.74, 6) is -0.921. The minimum absolute atomic E-state index is 0.212. The highest BCUT2D eigenvalue weighted by Crippen LogP contribution is 1.99. The van der Waals surface area contributed by atoms with Crippen molar-refractivity contribution in [1.82, 2.24) is 0 Å². The van der Waals surface area contributed by atoms with E-state index < -0.39 is 5.97 Å². The zero-order chi connectivity index (χ0) is 11.4. The van der Waals surface area contributed by atoms with E-state index in [1.54, 1.807) is 0 Å². The highest BCUT2D eigenvalue weighted by atomic mass is 16.5. The number of ether oxygens (including phenoxy) is 2. The molecule has 1 N–H and O–H groups in total. The molecule has 0 fully saturated rings. The maximum absolute atomic E-state index is 10.1. The van der Waals surface area contributed by atoms with E-state index in [9.17, 15) is 4.79 Å². The van der Waals surface area contributed by atoms with Gasteiger partial charge in [0.1, 0.15) is 6.61 Å². The topological polar surface area (TPSA) is 55.8 Å². The van der Waals surface area contributed by atoms with E-state index in [4.69, 9.17) is 14.6 Å². The van der Waals surface area contributed by atoms with Crippen molar-refractivity contribution < 1.29 is 19.4 Å². The fraction of sp³-hybridized carbons (Fsp3) is 0.909. The van der Waals surface area contributed by atoms with E-state index in [2.05, 4.69) is 6.92 Å². The van der Waals surface area contributed by atoms with Crippen LogP contribution in [-0.2, 0) is 14.3 Å². The van der Waals surface area contributed by atoms with Gasteiger partial charge in [0.2, 0.25) is 0 Å². The van der Waals surface area contributed by atoms with Crippen molar-refractivity contribution in [3.63, 3.8) is 0 Å². The number of rotatable bonds is 11. The van der Waals surface area contributed by atoms with Crippen LogP contribution in [0.3, 0.4) is 0 Å². The van der Waals surface area contributed by atoms with Crippen LogP contribution in [0.4, 0.5) is 0 Å². The third kappa shape index (κ3) is 13.4. The lowest BCUT2D eigenvalue weighted by Gasteiger charge is -2.04. The van der Waals surface area contributed by atoms with Gasteiger partial charge in [0.05, 0.1) is 0 Å². The maximum Gasteiger partial charge on any atom is 0.329 e. The van der Waals surface area contributed by atoms with Gasteiger partial charge in [-0.2, -0.15) is 0 Å². The zero-order valence-electron chi connectivity index (χ0n) is 9.54. The average molecular weight is 218 g/mol. The van der Waals surface area contributed by atoms with Crippen LogP contribution >= 0.6 is 0 Å². The number of unbranched alkanes of at least 4 members (excludes halogenated alkanes) is 3. The van der Waals surface area contributed by atoms with Crippen LogP contribution in [0.5, 0.6) is 0 Å². The highest BCUT2D eigenvalue weighted by molar-refractivity contribution is 5.67. The van der Waals surface area contributed by atoms with Crippen molar-refractivity contribution in [2.75, 3.05) is 26.4 Å². The Balaban J connectivity index is 2.89. The second-order valence-corrected chi connectivity index (χ2v) is 3.47. The van der Waals surface area contributed by atoms with Gasteiger partial charge < -0.3 is 14.6 Å². The molecule has 0 spiro atoms. The van der Waals surface area contributed by atoms with Crippen molar-refractivity contribution in [2.45, 2.75) is 39.0 Å². The first-order valence-corrected chi connectivity index (χ1v) is 5.64. The molecule has 0 heterocycles. The molecule has 0 saturated heterocycles. The first kappa shape index (κ1) is 14.4. The summed E-state index contributed by atoms with van der Waals surface area (Å²) in [4.78, 5) is 10.1. The van der Waals surface area contributed by atoms with Gasteiger partial charge in [-0.1, -0.05) is 26.2 Å². The molecule has 0 bridgehead atoms. The quantitative estimate of drug-likeness (QED) is 0.539. The zero-order valence-corrected chi connectivity index (χ0v) is 9.54. The molecule has 15 heavy (non-hydrogen) atoms. The minimum atomic E-state index is -0.921. The number of aliphatic carboxylic acids is 1. The molecule has 90 valence electrons. The second kappa shape index (κ2) is 11.5. The van der Waals surface area contributed by atoms with Crippen LogP contribution in [0.25, 0.3) is 0 Å². The Kier molecular flexibility index (Phi) is 11.0. The standard InChI is InChI=1S/C11H22O4/c1-2-3-4-5-7-14-8-6-9-15-10-11(12)13/h2-10H2,1H3,(H,12,13). The van der Waals surface area contributed by atoms with Crippen molar-refractivity contribution in [3.05, 3.63) is 0 Å². The van der Waals surface area contributed by atoms with Crippen molar-refractivity contribution in [1.29, 1.82) is 0 Å². The Bertz CT molecular complexity index is 148. The van der Waals surface area contributed by atoms with Crippen molar-refractivity contribution in [3.8, 4) is 0 Å². The van der Waals surface area contributed by atoms with Gasteiger partial charge >= 0.3 is 5.97 Å². The molecule has 0 aromatic carbocycles. The van der Waals surface area contributed by atoms with Crippen LogP contribution in [0, 0.1) is 0 Å². The summed E-state index contributed by atoms with van der Waals surface area (Å²) in [6.07, 6.45) is 5.62. The predicted molar refractivity (Wildman–Crippen MR) is 58.0 cm³/mol. The van der Waals surface area contributed by atoms with Gasteiger partial charge in [0.25, 0.3) is 0 Å². The summed E-state index contributed by atoms with van der Waals surface area (Å²) < 4.78 is 10.2. The Hall–Kier alpha value is -0.610. The molecule has 0 aliphatic carbocycles. The third-order valence-corrected chi connectivity index (χ3v) is 1.95. The van der Waals surface area contributed by atoms with E-state index >= 15 is 0 Å². The largest absolute Gasteiger partial charge is 0.480 e. The summed E-state index contributed by atoms with van der Waals surface area (Å²) >= 11 is 0. The molecular weight excluding hydrogens is 196 g/mol. The summed E-state index contributed by atoms with van der Waals surface area (Å²) in [7, 11) is 0. The Morgan fingerprint density at radius 3 is 2.33 bits per heavy atom. The fourth-order valence-corrected chi connectivity index (χ4v) is 1.16. The Morgan fingerprint density at radius 1 is 1.00 bits per heavy atom. The monoisotopic (exact) mass is 218 g/mol. The van der Waals surface area contributed by atoms with Crippen molar-refractivity contribution in [2.24, 2.45) is 0 Å². The van der Waals surface area contributed by atoms with E-state index in [1.165, 1.54) is 19.3 Å². The van der Waals surface area contributed by atoms with Crippen LogP contribution in [0.15, 0.2) is 0 Å². The van der Waals surface area contributed by atoms with E-state index in [1.807, 2.05) is 0 Å². The molecule has 0 aromatic rings. The molecule has 0 unspecified atom stereocenters. The molecule has 0 saturated carbocycles.